The molecule has 0 saturated heterocycles. The number of aliphatic hydroxyl groups excluding tert-OH is 1. The summed E-state index contributed by atoms with van der Waals surface area (Å²) >= 11 is 9.39. The van der Waals surface area contributed by atoms with Crippen LogP contribution >= 0.6 is 34.3 Å². The minimum Gasteiger partial charge on any atom is -0.383 e. The number of hydrogen-bond donors (Lipinski definition) is 1. The SMILES string of the molecule is Cc1csc(C(O)c2csc3ccccc23)c1Cl. The minimum absolute atomic E-state index is 0.632. The summed E-state index contributed by atoms with van der Waals surface area (Å²) in [7, 11) is 0. The van der Waals surface area contributed by atoms with Crippen LogP contribution in [0.3, 0.4) is 0 Å². The van der Waals surface area contributed by atoms with Gasteiger partial charge in [-0.3, -0.25) is 0 Å². The van der Waals surface area contributed by atoms with Crippen LogP contribution in [0.15, 0.2) is 35.0 Å². The van der Waals surface area contributed by atoms with Crippen molar-refractivity contribution >= 4 is 44.4 Å². The lowest BCUT2D eigenvalue weighted by molar-refractivity contribution is 0.226. The van der Waals surface area contributed by atoms with Crippen LogP contribution in [0.4, 0.5) is 0 Å². The third-order valence-electron chi connectivity index (χ3n) is 2.98. The fourth-order valence-corrected chi connectivity index (χ4v) is 4.26. The molecule has 2 aromatic heterocycles. The van der Waals surface area contributed by atoms with Gasteiger partial charge in [-0.25, -0.2) is 0 Å². The highest BCUT2D eigenvalue weighted by molar-refractivity contribution is 7.17. The standard InChI is InChI=1S/C14H11ClOS2/c1-8-6-18-14(12(8)15)13(16)10-7-17-11-5-3-2-4-9(10)11/h2-7,13,16H,1H3. The Kier molecular flexibility index (Phi) is 3.16. The number of aryl methyl sites for hydroxylation is 1. The summed E-state index contributed by atoms with van der Waals surface area (Å²) in [5.41, 5.74) is 1.97. The first-order chi connectivity index (χ1) is 8.68. The number of fused-ring (bicyclic) bond motifs is 1. The maximum Gasteiger partial charge on any atom is 0.116 e. The molecule has 0 aliphatic heterocycles. The Balaban J connectivity index is 2.12. The van der Waals surface area contributed by atoms with Crippen LogP contribution < -0.4 is 0 Å². The van der Waals surface area contributed by atoms with Crippen molar-refractivity contribution in [3.05, 3.63) is 56.1 Å². The average molecular weight is 295 g/mol. The molecular weight excluding hydrogens is 284 g/mol. The van der Waals surface area contributed by atoms with Gasteiger partial charge in [0.1, 0.15) is 6.10 Å². The van der Waals surface area contributed by atoms with Crippen LogP contribution in [0.2, 0.25) is 5.02 Å². The fourth-order valence-electron chi connectivity index (χ4n) is 1.99. The molecule has 0 spiro atoms. The molecule has 0 aliphatic rings. The molecule has 0 radical (unpaired) electrons. The zero-order valence-electron chi connectivity index (χ0n) is 9.68. The van der Waals surface area contributed by atoms with Gasteiger partial charge in [-0.05, 0) is 34.7 Å². The van der Waals surface area contributed by atoms with Crippen LogP contribution in [-0.2, 0) is 0 Å². The Morgan fingerprint density at radius 1 is 1.17 bits per heavy atom. The maximum absolute atomic E-state index is 10.5. The molecule has 0 aliphatic carbocycles. The zero-order valence-corrected chi connectivity index (χ0v) is 12.1. The van der Waals surface area contributed by atoms with Gasteiger partial charge in [-0.15, -0.1) is 22.7 Å². The summed E-state index contributed by atoms with van der Waals surface area (Å²) in [5, 5.41) is 16.3. The molecule has 4 heteroatoms. The van der Waals surface area contributed by atoms with Gasteiger partial charge in [-0.2, -0.15) is 0 Å². The molecule has 3 aromatic rings. The molecule has 18 heavy (non-hydrogen) atoms. The quantitative estimate of drug-likeness (QED) is 0.704. The van der Waals surface area contributed by atoms with E-state index in [0.29, 0.717) is 5.02 Å². The Labute approximate surface area is 118 Å². The van der Waals surface area contributed by atoms with Crippen molar-refractivity contribution in [2.24, 2.45) is 0 Å². The van der Waals surface area contributed by atoms with Crippen molar-refractivity contribution in [1.29, 1.82) is 0 Å². The molecule has 1 unspecified atom stereocenters. The molecule has 92 valence electrons. The van der Waals surface area contributed by atoms with E-state index in [2.05, 4.69) is 6.07 Å². The lowest BCUT2D eigenvalue weighted by Gasteiger charge is -2.08. The number of benzene rings is 1. The van der Waals surface area contributed by atoms with E-state index in [9.17, 15) is 5.11 Å². The first-order valence-corrected chi connectivity index (χ1v) is 7.70. The van der Waals surface area contributed by atoms with Crippen molar-refractivity contribution in [1.82, 2.24) is 0 Å². The molecular formula is C14H11ClOS2. The van der Waals surface area contributed by atoms with Gasteiger partial charge in [0.05, 0.1) is 9.90 Å². The van der Waals surface area contributed by atoms with E-state index in [1.807, 2.05) is 35.9 Å². The predicted octanol–water partition coefficient (Wildman–Crippen LogP) is 5.01. The van der Waals surface area contributed by atoms with Crippen molar-refractivity contribution < 1.29 is 5.11 Å². The summed E-state index contributed by atoms with van der Waals surface area (Å²) in [4.78, 5) is 0.831. The fraction of sp³-hybridized carbons (Fsp3) is 0.143. The summed E-state index contributed by atoms with van der Waals surface area (Å²) < 4.78 is 1.19. The molecule has 0 fully saturated rings. The summed E-state index contributed by atoms with van der Waals surface area (Å²) in [5.74, 6) is 0. The highest BCUT2D eigenvalue weighted by Gasteiger charge is 2.20. The van der Waals surface area contributed by atoms with Crippen LogP contribution in [0.5, 0.6) is 0 Å². The lowest BCUT2D eigenvalue weighted by Crippen LogP contribution is -1.96. The van der Waals surface area contributed by atoms with Crippen molar-refractivity contribution in [2.45, 2.75) is 13.0 Å². The van der Waals surface area contributed by atoms with E-state index in [1.54, 1.807) is 11.3 Å². The number of thiophene rings is 2. The Morgan fingerprint density at radius 3 is 2.67 bits per heavy atom. The number of rotatable bonds is 2. The van der Waals surface area contributed by atoms with E-state index in [-0.39, 0.29) is 0 Å². The molecule has 1 N–H and O–H groups in total. The van der Waals surface area contributed by atoms with Gasteiger partial charge in [0, 0.05) is 10.3 Å². The minimum atomic E-state index is -0.632. The smallest absolute Gasteiger partial charge is 0.116 e. The summed E-state index contributed by atoms with van der Waals surface area (Å²) in [6.45, 7) is 1.96. The Morgan fingerprint density at radius 2 is 1.94 bits per heavy atom. The van der Waals surface area contributed by atoms with Crippen LogP contribution in [0, 0.1) is 6.92 Å². The predicted molar refractivity (Wildman–Crippen MR) is 80.0 cm³/mol. The second-order valence-electron chi connectivity index (χ2n) is 4.19. The second-order valence-corrected chi connectivity index (χ2v) is 6.39. The second kappa shape index (κ2) is 4.67. The summed E-state index contributed by atoms with van der Waals surface area (Å²) in [6.07, 6.45) is -0.632. The van der Waals surface area contributed by atoms with E-state index in [0.717, 1.165) is 21.4 Å². The molecule has 0 amide bonds. The Bertz CT molecular complexity index is 699. The van der Waals surface area contributed by atoms with E-state index in [1.165, 1.54) is 16.0 Å². The topological polar surface area (TPSA) is 20.2 Å². The normalized spacial score (nSPS) is 13.1. The molecule has 2 heterocycles. The molecule has 1 aromatic carbocycles. The van der Waals surface area contributed by atoms with Crippen molar-refractivity contribution in [3.63, 3.8) is 0 Å². The van der Waals surface area contributed by atoms with E-state index in [4.69, 9.17) is 11.6 Å². The van der Waals surface area contributed by atoms with Crippen LogP contribution in [0.25, 0.3) is 10.1 Å². The molecule has 0 saturated carbocycles. The lowest BCUT2D eigenvalue weighted by atomic mass is 10.1. The van der Waals surface area contributed by atoms with Crippen molar-refractivity contribution in [3.8, 4) is 0 Å². The highest BCUT2D eigenvalue weighted by Crippen LogP contribution is 2.39. The first-order valence-electron chi connectivity index (χ1n) is 5.56. The molecule has 0 bridgehead atoms. The monoisotopic (exact) mass is 294 g/mol. The third kappa shape index (κ3) is 1.88. The first kappa shape index (κ1) is 12.2. The van der Waals surface area contributed by atoms with Gasteiger partial charge in [0.25, 0.3) is 0 Å². The zero-order chi connectivity index (χ0) is 12.7. The van der Waals surface area contributed by atoms with Gasteiger partial charge < -0.3 is 5.11 Å². The summed E-state index contributed by atoms with van der Waals surface area (Å²) in [6, 6.07) is 8.11. The molecule has 3 rings (SSSR count). The molecule has 1 atom stereocenters. The van der Waals surface area contributed by atoms with Gasteiger partial charge in [-0.1, -0.05) is 29.8 Å². The number of halogens is 1. The Hall–Kier alpha value is -0.870. The largest absolute Gasteiger partial charge is 0.383 e. The number of aliphatic hydroxyl groups is 1. The van der Waals surface area contributed by atoms with Gasteiger partial charge in [0.15, 0.2) is 0 Å². The van der Waals surface area contributed by atoms with Gasteiger partial charge in [0.2, 0.25) is 0 Å². The maximum atomic E-state index is 10.5. The highest BCUT2D eigenvalue weighted by atomic mass is 35.5. The van der Waals surface area contributed by atoms with Crippen LogP contribution in [0.1, 0.15) is 22.1 Å². The molecule has 1 nitrogen and oxygen atoms in total. The van der Waals surface area contributed by atoms with Gasteiger partial charge >= 0.3 is 0 Å². The van der Waals surface area contributed by atoms with E-state index < -0.39 is 6.10 Å². The third-order valence-corrected chi connectivity index (χ3v) is 5.73. The number of hydrogen-bond acceptors (Lipinski definition) is 3. The van der Waals surface area contributed by atoms with Crippen LogP contribution in [-0.4, -0.2) is 5.11 Å². The average Bonchev–Trinajstić information content (AvgIpc) is 2.94. The van der Waals surface area contributed by atoms with E-state index >= 15 is 0 Å². The van der Waals surface area contributed by atoms with Crippen molar-refractivity contribution in [2.75, 3.05) is 0 Å².